The summed E-state index contributed by atoms with van der Waals surface area (Å²) in [6.45, 7) is 1.88. The number of rotatable bonds is 5. The third kappa shape index (κ3) is 4.12. The highest BCUT2D eigenvalue weighted by Gasteiger charge is 2.33. The van der Waals surface area contributed by atoms with Gasteiger partial charge in [-0.1, -0.05) is 6.07 Å². The molecule has 0 N–H and O–H groups in total. The monoisotopic (exact) mass is 453 g/mol. The zero-order valence-corrected chi connectivity index (χ0v) is 18.7. The minimum Gasteiger partial charge on any atom is -0.490 e. The summed E-state index contributed by atoms with van der Waals surface area (Å²) in [5.74, 6) is 1.25. The fourth-order valence-electron chi connectivity index (χ4n) is 4.18. The summed E-state index contributed by atoms with van der Waals surface area (Å²) in [6, 6.07) is 11.5. The molecular weight excluding hydrogens is 430 g/mol. The molecule has 2 aromatic heterocycles. The Morgan fingerprint density at radius 3 is 2.71 bits per heavy atom. The van der Waals surface area contributed by atoms with Gasteiger partial charge in [0, 0.05) is 41.1 Å². The quantitative estimate of drug-likeness (QED) is 0.504. The van der Waals surface area contributed by atoms with Crippen LogP contribution in [0.4, 0.5) is 0 Å². The number of carbonyl (C=O) groups is 2. The number of amides is 1. The van der Waals surface area contributed by atoms with Gasteiger partial charge < -0.3 is 14.4 Å². The highest BCUT2D eigenvalue weighted by molar-refractivity contribution is 7.10. The molecule has 1 amide bonds. The van der Waals surface area contributed by atoms with Gasteiger partial charge in [0.15, 0.2) is 17.3 Å². The third-order valence-corrected chi connectivity index (χ3v) is 7.66. The van der Waals surface area contributed by atoms with Crippen LogP contribution in [0.5, 0.6) is 11.5 Å². The number of Topliss-reactive ketones (excluding diaryl/α,β-unsaturated/α-hetero) is 1. The lowest BCUT2D eigenvalue weighted by molar-refractivity contribution is -0.133. The fraction of sp³-hybridized carbons (Fsp3) is 0.333. The lowest BCUT2D eigenvalue weighted by atomic mass is 9.97. The van der Waals surface area contributed by atoms with E-state index in [2.05, 4.69) is 17.5 Å². The van der Waals surface area contributed by atoms with Gasteiger partial charge in [0.1, 0.15) is 0 Å². The summed E-state index contributed by atoms with van der Waals surface area (Å²) in [5, 5.41) is 4.15. The number of hydrogen-bond acceptors (Lipinski definition) is 6. The second-order valence-electron chi connectivity index (χ2n) is 7.69. The molecule has 160 valence electrons. The van der Waals surface area contributed by atoms with Crippen LogP contribution < -0.4 is 9.47 Å². The molecular formula is C24H23NO4S2. The maximum atomic E-state index is 13.2. The van der Waals surface area contributed by atoms with Gasteiger partial charge in [-0.3, -0.25) is 9.59 Å². The first-order valence-electron chi connectivity index (χ1n) is 10.5. The molecule has 0 aliphatic carbocycles. The van der Waals surface area contributed by atoms with Gasteiger partial charge in [-0.2, -0.15) is 0 Å². The van der Waals surface area contributed by atoms with E-state index in [4.69, 9.17) is 9.47 Å². The molecule has 3 aromatic rings. The highest BCUT2D eigenvalue weighted by atomic mass is 32.1. The van der Waals surface area contributed by atoms with Crippen LogP contribution in [0.25, 0.3) is 0 Å². The lowest BCUT2D eigenvalue weighted by Gasteiger charge is -2.35. The van der Waals surface area contributed by atoms with Crippen molar-refractivity contribution >= 4 is 34.4 Å². The van der Waals surface area contributed by atoms with E-state index in [1.165, 1.54) is 15.3 Å². The molecule has 2 aliphatic rings. The van der Waals surface area contributed by atoms with Gasteiger partial charge >= 0.3 is 0 Å². The van der Waals surface area contributed by atoms with Gasteiger partial charge in [0.2, 0.25) is 5.91 Å². The number of ether oxygens (including phenoxy) is 2. The molecule has 0 saturated heterocycles. The molecule has 5 nitrogen and oxygen atoms in total. The molecule has 0 fully saturated rings. The largest absolute Gasteiger partial charge is 0.490 e. The van der Waals surface area contributed by atoms with E-state index in [9.17, 15) is 9.59 Å². The first kappa shape index (κ1) is 20.3. The zero-order chi connectivity index (χ0) is 21.2. The van der Waals surface area contributed by atoms with Crippen molar-refractivity contribution in [2.75, 3.05) is 19.8 Å². The number of fused-ring (bicyclic) bond motifs is 2. The SMILES string of the molecule is O=C(CCC(=O)N1CCc2sccc2[C@@H]1c1cccs1)c1ccc2c(c1)OCCCO2. The minimum atomic E-state index is -0.0510. The molecule has 0 radical (unpaired) electrons. The number of ketones is 1. The lowest BCUT2D eigenvalue weighted by Crippen LogP contribution is -2.39. The van der Waals surface area contributed by atoms with E-state index in [0.717, 1.165) is 12.8 Å². The average molecular weight is 454 g/mol. The molecule has 4 heterocycles. The van der Waals surface area contributed by atoms with Gasteiger partial charge in [-0.15, -0.1) is 22.7 Å². The zero-order valence-electron chi connectivity index (χ0n) is 17.0. The predicted molar refractivity (Wildman–Crippen MR) is 122 cm³/mol. The molecule has 0 spiro atoms. The second-order valence-corrected chi connectivity index (χ2v) is 9.67. The van der Waals surface area contributed by atoms with E-state index in [1.807, 2.05) is 16.3 Å². The van der Waals surface area contributed by atoms with Crippen LogP contribution in [-0.2, 0) is 11.2 Å². The fourth-order valence-corrected chi connectivity index (χ4v) is 5.94. The topological polar surface area (TPSA) is 55.8 Å². The Labute approximate surface area is 189 Å². The predicted octanol–water partition coefficient (Wildman–Crippen LogP) is 5.11. The summed E-state index contributed by atoms with van der Waals surface area (Å²) in [4.78, 5) is 30.5. The van der Waals surface area contributed by atoms with Gasteiger partial charge in [-0.25, -0.2) is 0 Å². The second kappa shape index (κ2) is 8.85. The highest BCUT2D eigenvalue weighted by Crippen LogP contribution is 2.40. The van der Waals surface area contributed by atoms with Crippen molar-refractivity contribution in [3.63, 3.8) is 0 Å². The number of benzene rings is 1. The van der Waals surface area contributed by atoms with Crippen molar-refractivity contribution in [1.29, 1.82) is 0 Å². The van der Waals surface area contributed by atoms with Crippen molar-refractivity contribution < 1.29 is 19.1 Å². The summed E-state index contributed by atoms with van der Waals surface area (Å²) >= 11 is 3.43. The van der Waals surface area contributed by atoms with Crippen LogP contribution in [0, 0.1) is 0 Å². The van der Waals surface area contributed by atoms with Crippen LogP contribution in [-0.4, -0.2) is 36.3 Å². The molecule has 1 aromatic carbocycles. The van der Waals surface area contributed by atoms with Gasteiger partial charge in [-0.05, 0) is 53.1 Å². The number of hydrogen-bond donors (Lipinski definition) is 0. The summed E-state index contributed by atoms with van der Waals surface area (Å²) in [5.41, 5.74) is 1.78. The van der Waals surface area contributed by atoms with Crippen LogP contribution in [0.2, 0.25) is 0 Å². The average Bonchev–Trinajstić information content (AvgIpc) is 3.44. The molecule has 31 heavy (non-hydrogen) atoms. The Balaban J connectivity index is 1.29. The molecule has 1 atom stereocenters. The Kier molecular flexibility index (Phi) is 5.78. The molecule has 7 heteroatoms. The van der Waals surface area contributed by atoms with E-state index in [0.29, 0.717) is 36.8 Å². The summed E-state index contributed by atoms with van der Waals surface area (Å²) in [7, 11) is 0. The molecule has 2 aliphatic heterocycles. The maximum Gasteiger partial charge on any atom is 0.223 e. The van der Waals surface area contributed by atoms with E-state index in [-0.39, 0.29) is 30.6 Å². The van der Waals surface area contributed by atoms with Crippen molar-refractivity contribution in [3.05, 3.63) is 68.0 Å². The number of nitrogens with zero attached hydrogens (tertiary/aromatic N) is 1. The maximum absolute atomic E-state index is 13.2. The number of thiophene rings is 2. The van der Waals surface area contributed by atoms with Crippen molar-refractivity contribution in [1.82, 2.24) is 4.90 Å². The summed E-state index contributed by atoms with van der Waals surface area (Å²) < 4.78 is 11.3. The van der Waals surface area contributed by atoms with E-state index in [1.54, 1.807) is 40.9 Å². The van der Waals surface area contributed by atoms with E-state index >= 15 is 0 Å². The Morgan fingerprint density at radius 2 is 1.87 bits per heavy atom. The first-order chi connectivity index (χ1) is 15.2. The normalized spacial score (nSPS) is 17.7. The van der Waals surface area contributed by atoms with Gasteiger partial charge in [0.05, 0.1) is 19.3 Å². The molecule has 0 bridgehead atoms. The van der Waals surface area contributed by atoms with Crippen molar-refractivity contribution in [2.45, 2.75) is 31.7 Å². The smallest absolute Gasteiger partial charge is 0.223 e. The van der Waals surface area contributed by atoms with E-state index < -0.39 is 0 Å². The standard InChI is InChI=1S/C24H23NO4S2/c26-18(16-4-6-19-20(15-16)29-12-2-11-28-19)5-7-23(27)25-10-8-21-17(9-14-31-21)24(25)22-3-1-13-30-22/h1,3-4,6,9,13-15,24H,2,5,7-8,10-12H2/t24-/m1/s1. The Bertz CT molecular complexity index is 1090. The summed E-state index contributed by atoms with van der Waals surface area (Å²) in [6.07, 6.45) is 2.08. The van der Waals surface area contributed by atoms with Crippen molar-refractivity contribution in [3.8, 4) is 11.5 Å². The molecule has 5 rings (SSSR count). The van der Waals surface area contributed by atoms with Crippen LogP contribution in [0.15, 0.2) is 47.2 Å². The van der Waals surface area contributed by atoms with Crippen LogP contribution >= 0.6 is 22.7 Å². The minimum absolute atomic E-state index is 0.0259. The molecule has 0 unspecified atom stereocenters. The Hall–Kier alpha value is -2.64. The number of carbonyl (C=O) groups excluding carboxylic acids is 2. The van der Waals surface area contributed by atoms with Gasteiger partial charge in [0.25, 0.3) is 0 Å². The van der Waals surface area contributed by atoms with Crippen molar-refractivity contribution in [2.24, 2.45) is 0 Å². The van der Waals surface area contributed by atoms with Crippen LogP contribution in [0.3, 0.4) is 0 Å². The molecule has 0 saturated carbocycles. The first-order valence-corrected chi connectivity index (χ1v) is 12.3. The van der Waals surface area contributed by atoms with Crippen LogP contribution in [0.1, 0.15) is 51.0 Å². The Morgan fingerprint density at radius 1 is 1.00 bits per heavy atom. The third-order valence-electron chi connectivity index (χ3n) is 5.73.